The SMILES string of the molecule is CN1CCN(C(=O)C2c3ccccc3C(=O)N(C)C2c2cn(C)c3ccccc23)CC1. The van der Waals surface area contributed by atoms with Crippen LogP contribution in [0.1, 0.15) is 33.4 Å². The summed E-state index contributed by atoms with van der Waals surface area (Å²) in [6.45, 7) is 3.17. The summed E-state index contributed by atoms with van der Waals surface area (Å²) in [6.07, 6.45) is 2.08. The van der Waals surface area contributed by atoms with Gasteiger partial charge in [-0.15, -0.1) is 0 Å². The Kier molecular flexibility index (Phi) is 4.82. The fourth-order valence-electron chi connectivity index (χ4n) is 5.16. The lowest BCUT2D eigenvalue weighted by Crippen LogP contribution is -2.52. The standard InChI is InChI=1S/C25H28N4O2/c1-26-12-14-29(15-13-26)25(31)22-18-9-4-5-10-19(18)24(30)28(3)23(22)20-16-27(2)21-11-7-6-8-17(20)21/h4-11,16,22-23H,12-15H2,1-3H3. The van der Waals surface area contributed by atoms with Crippen molar-refractivity contribution < 1.29 is 9.59 Å². The van der Waals surface area contributed by atoms with Crippen molar-refractivity contribution in [2.45, 2.75) is 12.0 Å². The third-order valence-electron chi connectivity index (χ3n) is 6.91. The predicted octanol–water partition coefficient (Wildman–Crippen LogP) is 2.86. The van der Waals surface area contributed by atoms with Crippen LogP contribution in [0.5, 0.6) is 0 Å². The number of benzene rings is 2. The molecule has 3 heterocycles. The Morgan fingerprint density at radius 3 is 2.32 bits per heavy atom. The number of carbonyl (C=O) groups excluding carboxylic acids is 2. The van der Waals surface area contributed by atoms with Crippen molar-refractivity contribution in [2.24, 2.45) is 7.05 Å². The van der Waals surface area contributed by atoms with E-state index in [-0.39, 0.29) is 17.9 Å². The lowest BCUT2D eigenvalue weighted by atomic mass is 9.79. The highest BCUT2D eigenvalue weighted by Crippen LogP contribution is 2.45. The summed E-state index contributed by atoms with van der Waals surface area (Å²) < 4.78 is 2.08. The molecule has 1 aromatic heterocycles. The highest BCUT2D eigenvalue weighted by molar-refractivity contribution is 6.02. The van der Waals surface area contributed by atoms with E-state index in [1.807, 2.05) is 55.4 Å². The second-order valence-electron chi connectivity index (χ2n) is 8.77. The van der Waals surface area contributed by atoms with Crippen molar-refractivity contribution in [3.8, 4) is 0 Å². The summed E-state index contributed by atoms with van der Waals surface area (Å²) >= 11 is 0. The Hall–Kier alpha value is -3.12. The van der Waals surface area contributed by atoms with E-state index in [9.17, 15) is 9.59 Å². The molecule has 160 valence electrons. The van der Waals surface area contributed by atoms with Crippen molar-refractivity contribution in [3.63, 3.8) is 0 Å². The van der Waals surface area contributed by atoms with Crippen LogP contribution in [0.3, 0.4) is 0 Å². The van der Waals surface area contributed by atoms with Gasteiger partial charge >= 0.3 is 0 Å². The number of carbonyl (C=O) groups is 2. The fourth-order valence-corrected chi connectivity index (χ4v) is 5.16. The van der Waals surface area contributed by atoms with E-state index in [0.717, 1.165) is 35.1 Å². The van der Waals surface area contributed by atoms with Gasteiger partial charge in [0.25, 0.3) is 5.91 Å². The van der Waals surface area contributed by atoms with Crippen LogP contribution >= 0.6 is 0 Å². The highest BCUT2D eigenvalue weighted by Gasteiger charge is 2.45. The molecular weight excluding hydrogens is 388 g/mol. The van der Waals surface area contributed by atoms with Gasteiger partial charge in [-0.2, -0.15) is 0 Å². The molecule has 0 bridgehead atoms. The van der Waals surface area contributed by atoms with Crippen molar-refractivity contribution in [1.29, 1.82) is 0 Å². The van der Waals surface area contributed by atoms with Crippen molar-refractivity contribution in [2.75, 3.05) is 40.3 Å². The van der Waals surface area contributed by atoms with E-state index in [2.05, 4.69) is 34.8 Å². The third kappa shape index (κ3) is 3.13. The normalized spacial score (nSPS) is 22.1. The van der Waals surface area contributed by atoms with Gasteiger partial charge in [0, 0.05) is 68.5 Å². The second kappa shape index (κ2) is 7.54. The summed E-state index contributed by atoms with van der Waals surface area (Å²) in [6, 6.07) is 15.5. The number of fused-ring (bicyclic) bond motifs is 2. The van der Waals surface area contributed by atoms with Crippen molar-refractivity contribution >= 4 is 22.7 Å². The Bertz CT molecular complexity index is 1160. The van der Waals surface area contributed by atoms with E-state index in [0.29, 0.717) is 18.7 Å². The summed E-state index contributed by atoms with van der Waals surface area (Å²) in [7, 11) is 5.93. The molecular formula is C25H28N4O2. The number of hydrogen-bond acceptors (Lipinski definition) is 3. The highest BCUT2D eigenvalue weighted by atomic mass is 16.2. The minimum absolute atomic E-state index is 0.0315. The van der Waals surface area contributed by atoms with Crippen molar-refractivity contribution in [3.05, 3.63) is 71.4 Å². The maximum Gasteiger partial charge on any atom is 0.254 e. The number of nitrogens with zero attached hydrogens (tertiary/aromatic N) is 4. The molecule has 0 saturated carbocycles. The molecule has 0 radical (unpaired) electrons. The van der Waals surface area contributed by atoms with Gasteiger partial charge in [-0.3, -0.25) is 9.59 Å². The first kappa shape index (κ1) is 19.8. The Labute approximate surface area is 182 Å². The van der Waals surface area contributed by atoms with Gasteiger partial charge in [-0.1, -0.05) is 36.4 Å². The minimum Gasteiger partial charge on any atom is -0.350 e. The maximum atomic E-state index is 14.0. The monoisotopic (exact) mass is 416 g/mol. The topological polar surface area (TPSA) is 48.8 Å². The van der Waals surface area contributed by atoms with Crippen LogP contribution in [0.2, 0.25) is 0 Å². The van der Waals surface area contributed by atoms with E-state index >= 15 is 0 Å². The summed E-state index contributed by atoms with van der Waals surface area (Å²) in [5, 5.41) is 1.09. The fraction of sp³-hybridized carbons (Fsp3) is 0.360. The molecule has 6 nitrogen and oxygen atoms in total. The lowest BCUT2D eigenvalue weighted by molar-refractivity contribution is -0.136. The average Bonchev–Trinajstić information content (AvgIpc) is 3.12. The van der Waals surface area contributed by atoms with E-state index < -0.39 is 5.92 Å². The number of aromatic nitrogens is 1. The van der Waals surface area contributed by atoms with Crippen molar-refractivity contribution in [1.82, 2.24) is 19.3 Å². The maximum absolute atomic E-state index is 14.0. The van der Waals surface area contributed by atoms with Crippen LogP contribution in [-0.2, 0) is 11.8 Å². The molecule has 0 spiro atoms. The Balaban J connectivity index is 1.67. The van der Waals surface area contributed by atoms with Gasteiger partial charge in [-0.25, -0.2) is 0 Å². The van der Waals surface area contributed by atoms with E-state index in [4.69, 9.17) is 0 Å². The van der Waals surface area contributed by atoms with Crippen LogP contribution < -0.4 is 0 Å². The number of hydrogen-bond donors (Lipinski definition) is 0. The van der Waals surface area contributed by atoms with Gasteiger partial charge in [-0.05, 0) is 24.7 Å². The molecule has 2 amide bonds. The summed E-state index contributed by atoms with van der Waals surface area (Å²) in [5.74, 6) is -0.345. The van der Waals surface area contributed by atoms with E-state index in [1.54, 1.807) is 4.90 Å². The number of para-hydroxylation sites is 1. The Morgan fingerprint density at radius 1 is 0.871 bits per heavy atom. The summed E-state index contributed by atoms with van der Waals surface area (Å²) in [4.78, 5) is 33.3. The van der Waals surface area contributed by atoms with Crippen LogP contribution in [0.25, 0.3) is 10.9 Å². The first-order valence-electron chi connectivity index (χ1n) is 10.8. The molecule has 2 atom stereocenters. The number of rotatable bonds is 2. The molecule has 1 fully saturated rings. The molecule has 0 aliphatic carbocycles. The average molecular weight is 417 g/mol. The summed E-state index contributed by atoms with van der Waals surface area (Å²) in [5.41, 5.74) is 3.60. The van der Waals surface area contributed by atoms with Gasteiger partial charge in [0.1, 0.15) is 0 Å². The van der Waals surface area contributed by atoms with E-state index in [1.165, 1.54) is 0 Å². The molecule has 5 rings (SSSR count). The van der Waals surface area contributed by atoms with Crippen LogP contribution in [-0.4, -0.2) is 71.4 Å². The minimum atomic E-state index is -0.423. The molecule has 3 aromatic rings. The molecule has 2 aliphatic heterocycles. The molecule has 1 saturated heterocycles. The predicted molar refractivity (Wildman–Crippen MR) is 121 cm³/mol. The first-order valence-corrected chi connectivity index (χ1v) is 10.8. The number of amides is 2. The first-order chi connectivity index (χ1) is 15.0. The largest absolute Gasteiger partial charge is 0.350 e. The second-order valence-corrected chi connectivity index (χ2v) is 8.77. The lowest BCUT2D eigenvalue weighted by Gasteiger charge is -2.42. The quantitative estimate of drug-likeness (QED) is 0.646. The third-order valence-corrected chi connectivity index (χ3v) is 6.91. The number of likely N-dealkylation sites (N-methyl/N-ethyl adjacent to an activating group) is 2. The molecule has 2 aromatic carbocycles. The molecule has 31 heavy (non-hydrogen) atoms. The smallest absolute Gasteiger partial charge is 0.254 e. The van der Waals surface area contributed by atoms with Gasteiger partial charge in [0.05, 0.1) is 12.0 Å². The molecule has 0 N–H and O–H groups in total. The molecule has 2 aliphatic rings. The zero-order chi connectivity index (χ0) is 21.7. The van der Waals surface area contributed by atoms with Gasteiger partial charge in [0.2, 0.25) is 5.91 Å². The van der Waals surface area contributed by atoms with Crippen LogP contribution in [0, 0.1) is 0 Å². The number of piperazine rings is 1. The Morgan fingerprint density at radius 2 is 1.55 bits per heavy atom. The molecule has 2 unspecified atom stereocenters. The zero-order valence-corrected chi connectivity index (χ0v) is 18.3. The zero-order valence-electron chi connectivity index (χ0n) is 18.3. The van der Waals surface area contributed by atoms with Crippen LogP contribution in [0.4, 0.5) is 0 Å². The molecule has 6 heteroatoms. The van der Waals surface area contributed by atoms with Crippen LogP contribution in [0.15, 0.2) is 54.7 Å². The van der Waals surface area contributed by atoms with Gasteiger partial charge in [0.15, 0.2) is 0 Å². The van der Waals surface area contributed by atoms with Gasteiger partial charge < -0.3 is 19.3 Å². The number of aryl methyl sites for hydroxylation is 1.